The van der Waals surface area contributed by atoms with Gasteiger partial charge in [-0.1, -0.05) is 0 Å². The number of fused-ring (bicyclic) bond motifs is 1. The number of aromatic nitrogens is 1. The monoisotopic (exact) mass is 275 g/mol. The zero-order chi connectivity index (χ0) is 14.1. The highest BCUT2D eigenvalue weighted by molar-refractivity contribution is 6.00. The Labute approximate surface area is 117 Å². The van der Waals surface area contributed by atoms with Crippen molar-refractivity contribution in [3.63, 3.8) is 0 Å². The molecule has 1 fully saturated rings. The highest BCUT2D eigenvalue weighted by atomic mass is 19.1. The Kier molecular flexibility index (Phi) is 3.54. The third kappa shape index (κ3) is 2.59. The number of nitrogens with one attached hydrogen (secondary N) is 1. The van der Waals surface area contributed by atoms with Crippen molar-refractivity contribution < 1.29 is 9.18 Å². The number of carbonyl (C=O) groups is 1. The van der Waals surface area contributed by atoms with Gasteiger partial charge in [-0.25, -0.2) is 4.39 Å². The maximum Gasteiger partial charge on any atom is 0.176 e. The second kappa shape index (κ2) is 5.34. The van der Waals surface area contributed by atoms with Crippen LogP contribution in [0.2, 0.25) is 0 Å². The minimum Gasteiger partial charge on any atom is -0.359 e. The number of halogens is 1. The second-order valence-electron chi connectivity index (χ2n) is 5.40. The molecule has 0 bridgehead atoms. The Hall–Kier alpha value is -1.72. The topological polar surface area (TPSA) is 39.3 Å². The lowest BCUT2D eigenvalue weighted by Gasteiger charge is -2.31. The van der Waals surface area contributed by atoms with E-state index in [0.717, 1.165) is 31.6 Å². The lowest BCUT2D eigenvalue weighted by atomic mass is 10.1. The van der Waals surface area contributed by atoms with Crippen molar-refractivity contribution in [2.75, 3.05) is 39.8 Å². The molecule has 0 unspecified atom stereocenters. The summed E-state index contributed by atoms with van der Waals surface area (Å²) in [6.45, 7) is 4.08. The largest absolute Gasteiger partial charge is 0.359 e. The molecule has 2 aromatic rings. The van der Waals surface area contributed by atoms with Crippen LogP contribution >= 0.6 is 0 Å². The van der Waals surface area contributed by atoms with Crippen LogP contribution in [0.25, 0.3) is 10.9 Å². The first-order chi connectivity index (χ1) is 9.63. The van der Waals surface area contributed by atoms with Gasteiger partial charge < -0.3 is 9.88 Å². The molecule has 4 nitrogen and oxygen atoms in total. The zero-order valence-electron chi connectivity index (χ0n) is 11.5. The molecule has 0 radical (unpaired) electrons. The number of aromatic amines is 1. The van der Waals surface area contributed by atoms with Gasteiger partial charge in [-0.3, -0.25) is 9.69 Å². The summed E-state index contributed by atoms with van der Waals surface area (Å²) in [5.74, 6) is -0.384. The number of piperazine rings is 1. The molecule has 3 rings (SSSR count). The fourth-order valence-electron chi connectivity index (χ4n) is 2.59. The molecular weight excluding hydrogens is 257 g/mol. The molecule has 0 saturated carbocycles. The molecule has 0 aliphatic carbocycles. The minimum atomic E-state index is -0.366. The second-order valence-corrected chi connectivity index (χ2v) is 5.40. The maximum absolute atomic E-state index is 13.9. The van der Waals surface area contributed by atoms with Gasteiger partial charge >= 0.3 is 0 Å². The van der Waals surface area contributed by atoms with E-state index in [-0.39, 0.29) is 11.6 Å². The number of H-pyrrole nitrogens is 1. The van der Waals surface area contributed by atoms with Crippen molar-refractivity contribution in [2.45, 2.75) is 0 Å². The van der Waals surface area contributed by atoms with Crippen LogP contribution in [0.5, 0.6) is 0 Å². The van der Waals surface area contributed by atoms with Gasteiger partial charge in [0.15, 0.2) is 5.78 Å². The number of Topliss-reactive ketones (excluding diaryl/α,β-unsaturated/α-hetero) is 1. The van der Waals surface area contributed by atoms with E-state index in [9.17, 15) is 9.18 Å². The van der Waals surface area contributed by atoms with Gasteiger partial charge in [0.1, 0.15) is 5.82 Å². The predicted octanol–water partition coefficient (Wildman–Crippen LogP) is 1.74. The first-order valence-corrected chi connectivity index (χ1v) is 6.84. The molecule has 1 aliphatic rings. The van der Waals surface area contributed by atoms with Gasteiger partial charge in [-0.05, 0) is 25.2 Å². The fraction of sp³-hybridized carbons (Fsp3) is 0.400. The Morgan fingerprint density at radius 3 is 2.80 bits per heavy atom. The Balaban J connectivity index is 1.75. The number of carbonyl (C=O) groups excluding carboxylic acids is 1. The molecule has 5 heteroatoms. The standard InChI is InChI=1S/C15H18FN3O/c1-18-4-6-19(7-5-18)10-14(20)12-8-11-2-3-17-15(11)13(16)9-12/h2-3,8-9,17H,4-7,10H2,1H3. The number of likely N-dealkylation sites (N-methyl/N-ethyl adjacent to an activating group) is 1. The number of benzene rings is 1. The van der Waals surface area contributed by atoms with Crippen LogP contribution < -0.4 is 0 Å². The van der Waals surface area contributed by atoms with E-state index in [2.05, 4.69) is 21.8 Å². The van der Waals surface area contributed by atoms with Crippen molar-refractivity contribution in [1.29, 1.82) is 0 Å². The highest BCUT2D eigenvalue weighted by Crippen LogP contribution is 2.19. The third-order valence-corrected chi connectivity index (χ3v) is 3.90. The van der Waals surface area contributed by atoms with E-state index in [4.69, 9.17) is 0 Å². The summed E-state index contributed by atoms with van der Waals surface area (Å²) in [6.07, 6.45) is 1.68. The zero-order valence-corrected chi connectivity index (χ0v) is 11.5. The molecule has 106 valence electrons. The van der Waals surface area contributed by atoms with E-state index in [0.29, 0.717) is 17.6 Å². The van der Waals surface area contributed by atoms with Crippen LogP contribution in [0.1, 0.15) is 10.4 Å². The van der Waals surface area contributed by atoms with Crippen molar-refractivity contribution in [3.8, 4) is 0 Å². The molecule has 0 spiro atoms. The molecular formula is C15H18FN3O. The van der Waals surface area contributed by atoms with E-state index < -0.39 is 0 Å². The summed E-state index contributed by atoms with van der Waals surface area (Å²) in [5.41, 5.74) is 0.912. The number of hydrogen-bond acceptors (Lipinski definition) is 3. The number of ketones is 1. The quantitative estimate of drug-likeness (QED) is 0.867. The van der Waals surface area contributed by atoms with Crippen molar-refractivity contribution in [1.82, 2.24) is 14.8 Å². The molecule has 1 aromatic carbocycles. The normalized spacial score (nSPS) is 17.7. The molecule has 1 N–H and O–H groups in total. The molecule has 0 atom stereocenters. The SMILES string of the molecule is CN1CCN(CC(=O)c2cc(F)c3[nH]ccc3c2)CC1. The van der Waals surface area contributed by atoms with Crippen molar-refractivity contribution in [2.24, 2.45) is 0 Å². The lowest BCUT2D eigenvalue weighted by molar-refractivity contribution is 0.0876. The Morgan fingerprint density at radius 1 is 1.30 bits per heavy atom. The first kappa shape index (κ1) is 13.3. The Bertz CT molecular complexity index is 629. The van der Waals surface area contributed by atoms with Gasteiger partial charge in [-0.15, -0.1) is 0 Å². The molecule has 20 heavy (non-hydrogen) atoms. The summed E-state index contributed by atoms with van der Waals surface area (Å²) >= 11 is 0. The van der Waals surface area contributed by atoms with Crippen LogP contribution in [0.3, 0.4) is 0 Å². The summed E-state index contributed by atoms with van der Waals surface area (Å²) < 4.78 is 13.9. The van der Waals surface area contributed by atoms with E-state index in [1.165, 1.54) is 6.07 Å². The first-order valence-electron chi connectivity index (χ1n) is 6.84. The van der Waals surface area contributed by atoms with Crippen LogP contribution in [0.15, 0.2) is 24.4 Å². The number of nitrogens with zero attached hydrogens (tertiary/aromatic N) is 2. The minimum absolute atomic E-state index is 0.0171. The van der Waals surface area contributed by atoms with Gasteiger partial charge in [0, 0.05) is 43.3 Å². The smallest absolute Gasteiger partial charge is 0.176 e. The molecule has 2 heterocycles. The summed E-state index contributed by atoms with van der Waals surface area (Å²) in [4.78, 5) is 19.5. The van der Waals surface area contributed by atoms with E-state index >= 15 is 0 Å². The average Bonchev–Trinajstić information content (AvgIpc) is 2.90. The van der Waals surface area contributed by atoms with Gasteiger partial charge in [0.2, 0.25) is 0 Å². The molecule has 1 aliphatic heterocycles. The van der Waals surface area contributed by atoms with E-state index in [1.54, 1.807) is 18.3 Å². The average molecular weight is 275 g/mol. The predicted molar refractivity (Wildman–Crippen MR) is 76.5 cm³/mol. The van der Waals surface area contributed by atoms with Gasteiger partial charge in [-0.2, -0.15) is 0 Å². The van der Waals surface area contributed by atoms with Crippen LogP contribution in [-0.4, -0.2) is 60.3 Å². The lowest BCUT2D eigenvalue weighted by Crippen LogP contribution is -2.46. The number of rotatable bonds is 3. The van der Waals surface area contributed by atoms with Crippen molar-refractivity contribution >= 4 is 16.7 Å². The molecule has 0 amide bonds. The highest BCUT2D eigenvalue weighted by Gasteiger charge is 2.18. The van der Waals surface area contributed by atoms with Crippen LogP contribution in [0.4, 0.5) is 4.39 Å². The summed E-state index contributed by atoms with van der Waals surface area (Å²) in [7, 11) is 2.08. The van der Waals surface area contributed by atoms with Crippen LogP contribution in [-0.2, 0) is 0 Å². The van der Waals surface area contributed by atoms with Crippen molar-refractivity contribution in [3.05, 3.63) is 35.8 Å². The number of hydrogen-bond donors (Lipinski definition) is 1. The van der Waals surface area contributed by atoms with Gasteiger partial charge in [0.25, 0.3) is 0 Å². The van der Waals surface area contributed by atoms with Gasteiger partial charge in [0.05, 0.1) is 12.1 Å². The summed E-state index contributed by atoms with van der Waals surface area (Å²) in [5, 5.41) is 0.742. The van der Waals surface area contributed by atoms with E-state index in [1.807, 2.05) is 0 Å². The molecule has 1 saturated heterocycles. The third-order valence-electron chi connectivity index (χ3n) is 3.90. The van der Waals surface area contributed by atoms with Crippen LogP contribution in [0, 0.1) is 5.82 Å². The fourth-order valence-corrected chi connectivity index (χ4v) is 2.59. The summed E-state index contributed by atoms with van der Waals surface area (Å²) in [6, 6.07) is 4.87. The Morgan fingerprint density at radius 2 is 2.05 bits per heavy atom. The maximum atomic E-state index is 13.9. The molecule has 1 aromatic heterocycles.